The minimum atomic E-state index is -3.48. The number of rotatable bonds is 5. The second-order valence-corrected chi connectivity index (χ2v) is 7.97. The van der Waals surface area contributed by atoms with Crippen molar-refractivity contribution >= 4 is 15.8 Å². The molecule has 0 unspecified atom stereocenters. The predicted molar refractivity (Wildman–Crippen MR) is 82.1 cm³/mol. The summed E-state index contributed by atoms with van der Waals surface area (Å²) in [5, 5.41) is -0.889. The molecule has 7 nitrogen and oxygen atoms in total. The van der Waals surface area contributed by atoms with E-state index >= 15 is 0 Å². The zero-order valence-corrected chi connectivity index (χ0v) is 13.8. The van der Waals surface area contributed by atoms with E-state index < -0.39 is 32.4 Å². The van der Waals surface area contributed by atoms with Gasteiger partial charge in [-0.05, 0) is 24.6 Å². The molecule has 2 aliphatic rings. The third-order valence-corrected chi connectivity index (χ3v) is 6.08. The highest BCUT2D eigenvalue weighted by atomic mass is 32.2. The van der Waals surface area contributed by atoms with Crippen LogP contribution in [0.5, 0.6) is 11.5 Å². The lowest BCUT2D eigenvalue weighted by atomic mass is 9.99. The fraction of sp³-hybridized carbons (Fsp3) is 0.533. The second-order valence-electron chi connectivity index (χ2n) is 5.81. The molecule has 3 rings (SSSR count). The molecule has 1 fully saturated rings. The molecule has 126 valence electrons. The van der Waals surface area contributed by atoms with Crippen molar-refractivity contribution in [2.45, 2.75) is 18.1 Å². The number of hydrogen-bond acceptors (Lipinski definition) is 7. The van der Waals surface area contributed by atoms with Crippen LogP contribution in [0.3, 0.4) is 0 Å². The molecule has 1 aliphatic carbocycles. The Kier molecular flexibility index (Phi) is 3.76. The topological polar surface area (TPSA) is 105 Å². The van der Waals surface area contributed by atoms with Gasteiger partial charge in [-0.15, -0.1) is 0 Å². The van der Waals surface area contributed by atoms with Crippen LogP contribution in [0.4, 0.5) is 0 Å². The Hall–Kier alpha value is -1.80. The third-order valence-electron chi connectivity index (χ3n) is 4.47. The number of esters is 1. The van der Waals surface area contributed by atoms with E-state index in [-0.39, 0.29) is 19.9 Å². The van der Waals surface area contributed by atoms with Crippen LogP contribution in [-0.2, 0) is 19.4 Å². The Balaban J connectivity index is 2.04. The Morgan fingerprint density at radius 1 is 1.39 bits per heavy atom. The fourth-order valence-corrected chi connectivity index (χ4v) is 5.37. The Bertz CT molecular complexity index is 746. The van der Waals surface area contributed by atoms with E-state index in [0.29, 0.717) is 17.1 Å². The van der Waals surface area contributed by atoms with Crippen LogP contribution >= 0.6 is 0 Å². The van der Waals surface area contributed by atoms with Gasteiger partial charge in [0, 0.05) is 18.7 Å². The second kappa shape index (κ2) is 5.38. The molecule has 0 spiro atoms. The third kappa shape index (κ3) is 2.36. The van der Waals surface area contributed by atoms with Gasteiger partial charge in [-0.2, -0.15) is 0 Å². The van der Waals surface area contributed by atoms with Crippen molar-refractivity contribution in [1.82, 2.24) is 0 Å². The summed E-state index contributed by atoms with van der Waals surface area (Å²) in [6.07, 6.45) is 1.12. The average Bonchev–Trinajstić information content (AvgIpc) is 3.00. The predicted octanol–water partition coefficient (Wildman–Crippen LogP) is 0.434. The Morgan fingerprint density at radius 2 is 2.09 bits per heavy atom. The van der Waals surface area contributed by atoms with E-state index in [2.05, 4.69) is 0 Å². The van der Waals surface area contributed by atoms with Crippen LogP contribution in [-0.4, -0.2) is 45.8 Å². The first-order valence-electron chi connectivity index (χ1n) is 7.32. The first-order chi connectivity index (χ1) is 10.9. The highest BCUT2D eigenvalue weighted by Gasteiger charge is 2.74. The number of carbonyl (C=O) groups is 1. The maximum Gasteiger partial charge on any atom is 0.315 e. The smallest absolute Gasteiger partial charge is 0.315 e. The van der Waals surface area contributed by atoms with Gasteiger partial charge in [0.15, 0.2) is 21.3 Å². The van der Waals surface area contributed by atoms with E-state index in [1.807, 2.05) is 0 Å². The number of hydrogen-bond donors (Lipinski definition) is 1. The van der Waals surface area contributed by atoms with Crippen LogP contribution in [0, 0.1) is 5.41 Å². The quantitative estimate of drug-likeness (QED) is 0.774. The van der Waals surface area contributed by atoms with Gasteiger partial charge in [-0.1, -0.05) is 6.07 Å². The fourth-order valence-electron chi connectivity index (χ4n) is 3.45. The number of benzene rings is 1. The largest absolute Gasteiger partial charge is 0.465 e. The molecule has 2 N–H and O–H groups in total. The lowest BCUT2D eigenvalue weighted by Crippen LogP contribution is -2.33. The van der Waals surface area contributed by atoms with Crippen molar-refractivity contribution in [2.24, 2.45) is 11.1 Å². The van der Waals surface area contributed by atoms with E-state index in [1.54, 1.807) is 25.1 Å². The summed E-state index contributed by atoms with van der Waals surface area (Å²) in [6, 6.07) is 5.16. The van der Waals surface area contributed by atoms with Crippen molar-refractivity contribution in [3.8, 4) is 11.5 Å². The molecular formula is C15H19NO6S. The molecular weight excluding hydrogens is 322 g/mol. The van der Waals surface area contributed by atoms with Crippen molar-refractivity contribution in [1.29, 1.82) is 0 Å². The first kappa shape index (κ1) is 16.1. The summed E-state index contributed by atoms with van der Waals surface area (Å²) < 4.78 is 40.0. The highest BCUT2D eigenvalue weighted by Crippen LogP contribution is 2.63. The molecule has 1 aromatic rings. The summed E-state index contributed by atoms with van der Waals surface area (Å²) in [7, 11) is -3.48. The monoisotopic (exact) mass is 341 g/mol. The normalized spacial score (nSPS) is 28.5. The molecule has 0 bridgehead atoms. The number of sulfone groups is 1. The molecule has 0 radical (unpaired) electrons. The summed E-state index contributed by atoms with van der Waals surface area (Å²) in [5.74, 6) is 0.0212. The standard InChI is InChI=1S/C15H19NO6S/c1-3-20-14(17)15(7-16)12(13(15)23(2,18)19)9-4-5-10-11(6-9)22-8-21-10/h4-6,12-13H,3,7-8,16H2,1-2H3/t12-,13-,15-/m0/s1. The highest BCUT2D eigenvalue weighted by molar-refractivity contribution is 7.91. The molecule has 1 heterocycles. The number of fused-ring (bicyclic) bond motifs is 1. The molecule has 1 saturated carbocycles. The van der Waals surface area contributed by atoms with Gasteiger partial charge in [-0.25, -0.2) is 8.42 Å². The van der Waals surface area contributed by atoms with Crippen LogP contribution in [0.15, 0.2) is 18.2 Å². The molecule has 1 aliphatic heterocycles. The van der Waals surface area contributed by atoms with Gasteiger partial charge in [0.25, 0.3) is 0 Å². The Labute approximate surface area is 134 Å². The molecule has 0 amide bonds. The average molecular weight is 341 g/mol. The van der Waals surface area contributed by atoms with Crippen molar-refractivity contribution in [2.75, 3.05) is 26.2 Å². The minimum absolute atomic E-state index is 0.0946. The molecule has 1 aromatic carbocycles. The van der Waals surface area contributed by atoms with Gasteiger partial charge < -0.3 is 19.9 Å². The van der Waals surface area contributed by atoms with Crippen LogP contribution in [0.2, 0.25) is 0 Å². The summed E-state index contributed by atoms with van der Waals surface area (Å²) in [4.78, 5) is 12.4. The lowest BCUT2D eigenvalue weighted by molar-refractivity contribution is -0.149. The van der Waals surface area contributed by atoms with Crippen LogP contribution < -0.4 is 15.2 Å². The molecule has 8 heteroatoms. The number of carbonyl (C=O) groups excluding carboxylic acids is 1. The summed E-state index contributed by atoms with van der Waals surface area (Å²) in [6.45, 7) is 1.88. The van der Waals surface area contributed by atoms with E-state index in [1.165, 1.54) is 0 Å². The molecule has 23 heavy (non-hydrogen) atoms. The summed E-state index contributed by atoms with van der Waals surface area (Å²) in [5.41, 5.74) is 5.25. The van der Waals surface area contributed by atoms with E-state index in [9.17, 15) is 13.2 Å². The van der Waals surface area contributed by atoms with Crippen LogP contribution in [0.25, 0.3) is 0 Å². The van der Waals surface area contributed by atoms with Gasteiger partial charge in [0.1, 0.15) is 5.41 Å². The van der Waals surface area contributed by atoms with E-state index in [0.717, 1.165) is 6.26 Å². The van der Waals surface area contributed by atoms with Gasteiger partial charge in [-0.3, -0.25) is 4.79 Å². The number of ether oxygens (including phenoxy) is 3. The lowest BCUT2D eigenvalue weighted by Gasteiger charge is -2.14. The van der Waals surface area contributed by atoms with Gasteiger partial charge >= 0.3 is 5.97 Å². The maximum absolute atomic E-state index is 12.4. The van der Waals surface area contributed by atoms with Crippen molar-refractivity contribution in [3.63, 3.8) is 0 Å². The van der Waals surface area contributed by atoms with E-state index in [4.69, 9.17) is 19.9 Å². The zero-order valence-electron chi connectivity index (χ0n) is 12.9. The maximum atomic E-state index is 12.4. The van der Waals surface area contributed by atoms with Crippen molar-refractivity contribution < 1.29 is 27.4 Å². The minimum Gasteiger partial charge on any atom is -0.465 e. The van der Waals surface area contributed by atoms with Gasteiger partial charge in [0.2, 0.25) is 6.79 Å². The number of nitrogens with two attached hydrogens (primary N) is 1. The zero-order chi connectivity index (χ0) is 16.8. The Morgan fingerprint density at radius 3 is 2.70 bits per heavy atom. The van der Waals surface area contributed by atoms with Crippen LogP contribution in [0.1, 0.15) is 18.4 Å². The summed E-state index contributed by atoms with van der Waals surface area (Å²) >= 11 is 0. The molecule has 3 atom stereocenters. The van der Waals surface area contributed by atoms with Gasteiger partial charge in [0.05, 0.1) is 11.9 Å². The molecule has 0 aromatic heterocycles. The first-order valence-corrected chi connectivity index (χ1v) is 9.27. The van der Waals surface area contributed by atoms with Crippen molar-refractivity contribution in [3.05, 3.63) is 23.8 Å². The SMILES string of the molecule is CCOC(=O)[C@@]1(CN)[C@@H](c2ccc3c(c2)OCO3)[C@@H]1S(C)(=O)=O. The molecule has 0 saturated heterocycles.